The number of hydrogen-bond acceptors (Lipinski definition) is 5. The molecule has 0 radical (unpaired) electrons. The molecule has 5 heteroatoms. The summed E-state index contributed by atoms with van der Waals surface area (Å²) in [7, 11) is 0. The van der Waals surface area contributed by atoms with E-state index in [1.165, 1.54) is 0 Å². The van der Waals surface area contributed by atoms with Gasteiger partial charge in [-0.1, -0.05) is 6.07 Å². The van der Waals surface area contributed by atoms with Gasteiger partial charge in [-0.2, -0.15) is 0 Å². The summed E-state index contributed by atoms with van der Waals surface area (Å²) in [6.45, 7) is -0.333. The van der Waals surface area contributed by atoms with E-state index in [-0.39, 0.29) is 19.8 Å². The highest BCUT2D eigenvalue weighted by Crippen LogP contribution is 2.02. The Labute approximate surface area is 94.8 Å². The fraction of sp³-hybridized carbons (Fsp3) is 0.545. The molecule has 0 aliphatic heterocycles. The predicted octanol–water partition coefficient (Wildman–Crippen LogP) is -1.07. The van der Waals surface area contributed by atoms with Crippen molar-refractivity contribution in [1.29, 1.82) is 0 Å². The molecule has 0 fully saturated rings. The average molecular weight is 226 g/mol. The van der Waals surface area contributed by atoms with Crippen molar-refractivity contribution in [3.8, 4) is 0 Å². The van der Waals surface area contributed by atoms with Crippen molar-refractivity contribution in [2.24, 2.45) is 0 Å². The molecule has 0 spiro atoms. The first-order chi connectivity index (χ1) is 7.76. The lowest BCUT2D eigenvalue weighted by molar-refractivity contribution is 0.0431. The van der Waals surface area contributed by atoms with E-state index in [9.17, 15) is 0 Å². The fourth-order valence-electron chi connectivity index (χ4n) is 1.34. The number of nitrogens with one attached hydrogen (secondary N) is 1. The second-order valence-electron chi connectivity index (χ2n) is 3.79. The Morgan fingerprint density at radius 3 is 2.38 bits per heavy atom. The Bertz CT molecular complexity index is 280. The van der Waals surface area contributed by atoms with Crippen LogP contribution in [0, 0.1) is 0 Å². The highest BCUT2D eigenvalue weighted by atomic mass is 16.3. The zero-order chi connectivity index (χ0) is 11.9. The summed E-state index contributed by atoms with van der Waals surface area (Å²) in [5.41, 5.74) is 0.0695. The van der Waals surface area contributed by atoms with Crippen LogP contribution in [0.5, 0.6) is 0 Å². The minimum atomic E-state index is -0.998. The SMILES string of the molecule is OCC(CO)(CO)NCCc1cccnc1. The zero-order valence-corrected chi connectivity index (χ0v) is 9.13. The van der Waals surface area contributed by atoms with Crippen LogP contribution in [0.2, 0.25) is 0 Å². The molecule has 0 unspecified atom stereocenters. The van der Waals surface area contributed by atoms with Crippen LogP contribution in [0.25, 0.3) is 0 Å². The van der Waals surface area contributed by atoms with Gasteiger partial charge in [0.05, 0.1) is 25.4 Å². The van der Waals surface area contributed by atoms with Gasteiger partial charge in [-0.3, -0.25) is 4.98 Å². The molecule has 0 aliphatic rings. The summed E-state index contributed by atoms with van der Waals surface area (Å²) in [6, 6.07) is 3.81. The van der Waals surface area contributed by atoms with Gasteiger partial charge in [0.15, 0.2) is 0 Å². The van der Waals surface area contributed by atoms with Crippen molar-refractivity contribution in [2.75, 3.05) is 26.4 Å². The third kappa shape index (κ3) is 3.53. The number of rotatable bonds is 7. The summed E-state index contributed by atoms with van der Waals surface area (Å²) >= 11 is 0. The molecule has 4 N–H and O–H groups in total. The van der Waals surface area contributed by atoms with Crippen molar-refractivity contribution in [2.45, 2.75) is 12.0 Å². The molecule has 1 rings (SSSR count). The van der Waals surface area contributed by atoms with E-state index < -0.39 is 5.54 Å². The van der Waals surface area contributed by atoms with Gasteiger partial charge in [-0.25, -0.2) is 0 Å². The van der Waals surface area contributed by atoms with Gasteiger partial charge in [-0.05, 0) is 24.6 Å². The smallest absolute Gasteiger partial charge is 0.0881 e. The van der Waals surface area contributed by atoms with E-state index in [0.717, 1.165) is 12.0 Å². The first-order valence-electron chi connectivity index (χ1n) is 5.23. The molecule has 90 valence electrons. The summed E-state index contributed by atoms with van der Waals surface area (Å²) in [5, 5.41) is 30.2. The predicted molar refractivity (Wildman–Crippen MR) is 59.9 cm³/mol. The molecular weight excluding hydrogens is 208 g/mol. The zero-order valence-electron chi connectivity index (χ0n) is 9.13. The molecule has 0 bridgehead atoms. The van der Waals surface area contributed by atoms with E-state index in [1.807, 2.05) is 12.1 Å². The molecule has 0 aliphatic carbocycles. The molecule has 0 amide bonds. The Balaban J connectivity index is 2.39. The normalized spacial score (nSPS) is 11.7. The largest absolute Gasteiger partial charge is 0.394 e. The van der Waals surface area contributed by atoms with Crippen LogP contribution in [0.1, 0.15) is 5.56 Å². The standard InChI is InChI=1S/C11H18N2O3/c14-7-11(8-15,9-16)13-5-3-10-2-1-4-12-6-10/h1-2,4,6,13-16H,3,5,7-9H2. The van der Waals surface area contributed by atoms with Gasteiger partial charge in [0, 0.05) is 12.4 Å². The maximum absolute atomic E-state index is 9.08. The fourth-order valence-corrected chi connectivity index (χ4v) is 1.34. The number of aliphatic hydroxyl groups is 3. The number of pyridine rings is 1. The number of hydrogen-bond donors (Lipinski definition) is 4. The van der Waals surface area contributed by atoms with Gasteiger partial charge < -0.3 is 20.6 Å². The van der Waals surface area contributed by atoms with Gasteiger partial charge in [0.25, 0.3) is 0 Å². The average Bonchev–Trinajstić information content (AvgIpc) is 2.37. The van der Waals surface area contributed by atoms with E-state index in [0.29, 0.717) is 6.54 Å². The quantitative estimate of drug-likeness (QED) is 0.476. The lowest BCUT2D eigenvalue weighted by Crippen LogP contribution is -2.55. The minimum Gasteiger partial charge on any atom is -0.394 e. The number of aliphatic hydroxyl groups excluding tert-OH is 3. The molecule has 16 heavy (non-hydrogen) atoms. The van der Waals surface area contributed by atoms with Gasteiger partial charge in [-0.15, -0.1) is 0 Å². The summed E-state index contributed by atoms with van der Waals surface area (Å²) in [6.07, 6.45) is 4.20. The summed E-state index contributed by atoms with van der Waals surface area (Å²) < 4.78 is 0. The van der Waals surface area contributed by atoms with Crippen LogP contribution < -0.4 is 5.32 Å². The van der Waals surface area contributed by atoms with E-state index in [2.05, 4.69) is 10.3 Å². The van der Waals surface area contributed by atoms with Gasteiger partial charge >= 0.3 is 0 Å². The lowest BCUT2D eigenvalue weighted by Gasteiger charge is -2.28. The molecule has 0 aromatic carbocycles. The summed E-state index contributed by atoms with van der Waals surface area (Å²) in [5.74, 6) is 0. The third-order valence-corrected chi connectivity index (χ3v) is 2.54. The number of nitrogens with zero attached hydrogens (tertiary/aromatic N) is 1. The first kappa shape index (κ1) is 13.1. The van der Waals surface area contributed by atoms with E-state index in [1.54, 1.807) is 12.4 Å². The maximum Gasteiger partial charge on any atom is 0.0881 e. The molecule has 1 aromatic rings. The molecule has 5 nitrogen and oxygen atoms in total. The van der Waals surface area contributed by atoms with Crippen molar-refractivity contribution in [3.05, 3.63) is 30.1 Å². The Kier molecular flexibility index (Phi) is 5.34. The molecule has 0 saturated heterocycles. The molecule has 0 saturated carbocycles. The molecule has 1 heterocycles. The van der Waals surface area contributed by atoms with Crippen molar-refractivity contribution in [1.82, 2.24) is 10.3 Å². The first-order valence-corrected chi connectivity index (χ1v) is 5.23. The van der Waals surface area contributed by atoms with Crippen LogP contribution in [0.4, 0.5) is 0 Å². The highest BCUT2D eigenvalue weighted by molar-refractivity contribution is 5.08. The highest BCUT2D eigenvalue weighted by Gasteiger charge is 2.26. The Morgan fingerprint density at radius 2 is 1.88 bits per heavy atom. The Morgan fingerprint density at radius 1 is 1.19 bits per heavy atom. The van der Waals surface area contributed by atoms with E-state index >= 15 is 0 Å². The van der Waals surface area contributed by atoms with Crippen LogP contribution in [-0.4, -0.2) is 52.2 Å². The second kappa shape index (κ2) is 6.55. The van der Waals surface area contributed by atoms with Crippen molar-refractivity contribution in [3.63, 3.8) is 0 Å². The molecule has 1 aromatic heterocycles. The summed E-state index contributed by atoms with van der Waals surface area (Å²) in [4.78, 5) is 3.98. The van der Waals surface area contributed by atoms with Gasteiger partial charge in [0.1, 0.15) is 0 Å². The number of aromatic nitrogens is 1. The van der Waals surface area contributed by atoms with Crippen LogP contribution in [0.3, 0.4) is 0 Å². The van der Waals surface area contributed by atoms with Crippen LogP contribution in [0.15, 0.2) is 24.5 Å². The lowest BCUT2D eigenvalue weighted by atomic mass is 10.0. The second-order valence-corrected chi connectivity index (χ2v) is 3.79. The minimum absolute atomic E-state index is 0.299. The van der Waals surface area contributed by atoms with Gasteiger partial charge in [0.2, 0.25) is 0 Å². The van der Waals surface area contributed by atoms with Crippen LogP contribution >= 0.6 is 0 Å². The third-order valence-electron chi connectivity index (χ3n) is 2.54. The maximum atomic E-state index is 9.08. The topological polar surface area (TPSA) is 85.6 Å². The van der Waals surface area contributed by atoms with Crippen molar-refractivity contribution >= 4 is 0 Å². The van der Waals surface area contributed by atoms with Crippen LogP contribution in [-0.2, 0) is 6.42 Å². The molecule has 0 atom stereocenters. The molecular formula is C11H18N2O3. The van der Waals surface area contributed by atoms with E-state index in [4.69, 9.17) is 15.3 Å². The Hall–Kier alpha value is -1.01. The monoisotopic (exact) mass is 226 g/mol. The van der Waals surface area contributed by atoms with Crippen molar-refractivity contribution < 1.29 is 15.3 Å².